The molecule has 1 N–H and O–H groups in total. The molecule has 13 heavy (non-hydrogen) atoms. The number of aliphatic hydroxyl groups is 1. The predicted molar refractivity (Wildman–Crippen MR) is 50.4 cm³/mol. The number of rotatable bonds is 3. The Morgan fingerprint density at radius 1 is 1.23 bits per heavy atom. The van der Waals surface area contributed by atoms with Gasteiger partial charge >= 0.3 is 0 Å². The minimum atomic E-state index is -0.556. The lowest BCUT2D eigenvalue weighted by molar-refractivity contribution is -0.165. The van der Waals surface area contributed by atoms with E-state index in [1.165, 1.54) is 0 Å². The van der Waals surface area contributed by atoms with E-state index in [4.69, 9.17) is 9.47 Å². The Morgan fingerprint density at radius 3 is 2.08 bits per heavy atom. The van der Waals surface area contributed by atoms with Gasteiger partial charge in [-0.25, -0.2) is 0 Å². The zero-order valence-electron chi connectivity index (χ0n) is 8.96. The second kappa shape index (κ2) is 3.56. The van der Waals surface area contributed by atoms with Crippen LogP contribution in [0, 0.1) is 0 Å². The molecule has 1 unspecified atom stereocenters. The summed E-state index contributed by atoms with van der Waals surface area (Å²) < 4.78 is 11.5. The van der Waals surface area contributed by atoms with Gasteiger partial charge in [0.2, 0.25) is 0 Å². The van der Waals surface area contributed by atoms with Crippen LogP contribution in [-0.2, 0) is 9.47 Å². The quantitative estimate of drug-likeness (QED) is 0.732. The maximum Gasteiger partial charge on any atom is 0.164 e. The van der Waals surface area contributed by atoms with E-state index in [1.54, 1.807) is 0 Å². The Morgan fingerprint density at radius 2 is 1.77 bits per heavy atom. The number of hydrogen-bond acceptors (Lipinski definition) is 3. The van der Waals surface area contributed by atoms with Crippen molar-refractivity contribution >= 4 is 0 Å². The summed E-state index contributed by atoms with van der Waals surface area (Å²) in [5, 5.41) is 9.19. The molecule has 3 nitrogen and oxygen atoms in total. The highest BCUT2D eigenvalue weighted by Crippen LogP contribution is 2.40. The van der Waals surface area contributed by atoms with Gasteiger partial charge in [0, 0.05) is 0 Å². The normalized spacial score (nSPS) is 30.7. The van der Waals surface area contributed by atoms with E-state index < -0.39 is 5.79 Å². The lowest BCUT2D eigenvalue weighted by Crippen LogP contribution is -2.41. The SMILES string of the molecule is CCC1(CC)OC(C)(C)OC1CO. The first kappa shape index (κ1) is 11.0. The van der Waals surface area contributed by atoms with Crippen LogP contribution >= 0.6 is 0 Å². The molecule has 0 saturated carbocycles. The zero-order chi connectivity index (χ0) is 10.1. The summed E-state index contributed by atoms with van der Waals surface area (Å²) in [5.41, 5.74) is -0.293. The summed E-state index contributed by atoms with van der Waals surface area (Å²) in [6.07, 6.45) is 1.56. The minimum absolute atomic E-state index is 0.0328. The predicted octanol–water partition coefficient (Wildman–Crippen LogP) is 1.69. The van der Waals surface area contributed by atoms with E-state index in [9.17, 15) is 5.11 Å². The van der Waals surface area contributed by atoms with Gasteiger partial charge in [-0.05, 0) is 26.7 Å². The molecule has 78 valence electrons. The van der Waals surface area contributed by atoms with Crippen molar-refractivity contribution in [3.05, 3.63) is 0 Å². The van der Waals surface area contributed by atoms with Gasteiger partial charge in [-0.15, -0.1) is 0 Å². The van der Waals surface area contributed by atoms with Crippen molar-refractivity contribution in [3.8, 4) is 0 Å². The molecule has 1 saturated heterocycles. The maximum absolute atomic E-state index is 9.19. The molecule has 3 heteroatoms. The average Bonchev–Trinajstić information content (AvgIpc) is 2.37. The van der Waals surface area contributed by atoms with Gasteiger partial charge in [0.25, 0.3) is 0 Å². The molecular weight excluding hydrogens is 168 g/mol. The second-order valence-electron chi connectivity index (χ2n) is 4.06. The molecule has 0 amide bonds. The lowest BCUT2D eigenvalue weighted by Gasteiger charge is -2.29. The third-order valence-electron chi connectivity index (χ3n) is 2.82. The minimum Gasteiger partial charge on any atom is -0.394 e. The molecule has 1 atom stereocenters. The summed E-state index contributed by atoms with van der Waals surface area (Å²) in [5.74, 6) is -0.556. The van der Waals surface area contributed by atoms with Crippen LogP contribution in [0.5, 0.6) is 0 Å². The Bertz CT molecular complexity index is 173. The standard InChI is InChI=1S/C10H20O3/c1-5-10(6-2)8(7-11)12-9(3,4)13-10/h8,11H,5-7H2,1-4H3. The summed E-state index contributed by atoms with van der Waals surface area (Å²) in [4.78, 5) is 0. The van der Waals surface area contributed by atoms with E-state index in [2.05, 4.69) is 13.8 Å². The third-order valence-corrected chi connectivity index (χ3v) is 2.82. The molecule has 1 rings (SSSR count). The van der Waals surface area contributed by atoms with E-state index in [0.29, 0.717) is 0 Å². The van der Waals surface area contributed by atoms with Gasteiger partial charge in [-0.3, -0.25) is 0 Å². The highest BCUT2D eigenvalue weighted by molar-refractivity contribution is 4.94. The third kappa shape index (κ3) is 1.87. The molecule has 0 radical (unpaired) electrons. The number of aliphatic hydroxyl groups excluding tert-OH is 1. The molecule has 0 aromatic heterocycles. The van der Waals surface area contributed by atoms with Gasteiger partial charge in [0.1, 0.15) is 6.10 Å². The smallest absolute Gasteiger partial charge is 0.164 e. The van der Waals surface area contributed by atoms with Crippen LogP contribution in [-0.4, -0.2) is 29.2 Å². The fourth-order valence-corrected chi connectivity index (χ4v) is 2.08. The van der Waals surface area contributed by atoms with Crippen molar-refractivity contribution in [2.24, 2.45) is 0 Å². The van der Waals surface area contributed by atoms with Gasteiger partial charge in [-0.2, -0.15) is 0 Å². The van der Waals surface area contributed by atoms with Crippen molar-refractivity contribution in [2.45, 2.75) is 58.0 Å². The van der Waals surface area contributed by atoms with Gasteiger partial charge in [-0.1, -0.05) is 13.8 Å². The first-order valence-corrected chi connectivity index (χ1v) is 4.98. The Balaban J connectivity index is 2.83. The summed E-state index contributed by atoms with van der Waals surface area (Å²) in [7, 11) is 0. The molecule has 0 spiro atoms. The summed E-state index contributed by atoms with van der Waals surface area (Å²) in [6, 6.07) is 0. The first-order valence-electron chi connectivity index (χ1n) is 4.98. The van der Waals surface area contributed by atoms with Crippen LogP contribution in [0.1, 0.15) is 40.5 Å². The van der Waals surface area contributed by atoms with E-state index >= 15 is 0 Å². The van der Waals surface area contributed by atoms with Crippen LogP contribution in [0.15, 0.2) is 0 Å². The number of ether oxygens (including phenoxy) is 2. The molecule has 0 bridgehead atoms. The van der Waals surface area contributed by atoms with Crippen LogP contribution in [0.25, 0.3) is 0 Å². The van der Waals surface area contributed by atoms with Crippen molar-refractivity contribution in [1.29, 1.82) is 0 Å². The molecule has 1 aliphatic heterocycles. The van der Waals surface area contributed by atoms with Crippen molar-refractivity contribution in [2.75, 3.05) is 6.61 Å². The molecular formula is C10H20O3. The van der Waals surface area contributed by atoms with Crippen molar-refractivity contribution in [3.63, 3.8) is 0 Å². The molecule has 1 fully saturated rings. The maximum atomic E-state index is 9.19. The lowest BCUT2D eigenvalue weighted by atomic mass is 9.91. The molecule has 0 aromatic carbocycles. The average molecular weight is 188 g/mol. The van der Waals surface area contributed by atoms with E-state index in [-0.39, 0.29) is 18.3 Å². The van der Waals surface area contributed by atoms with Crippen LogP contribution in [0.4, 0.5) is 0 Å². The van der Waals surface area contributed by atoms with Crippen LogP contribution in [0.3, 0.4) is 0 Å². The molecule has 0 aromatic rings. The first-order chi connectivity index (χ1) is 5.99. The Hall–Kier alpha value is -0.120. The summed E-state index contributed by atoms with van der Waals surface area (Å²) in [6.45, 7) is 7.95. The van der Waals surface area contributed by atoms with Crippen LogP contribution in [0.2, 0.25) is 0 Å². The van der Waals surface area contributed by atoms with E-state index in [1.807, 2.05) is 13.8 Å². The summed E-state index contributed by atoms with van der Waals surface area (Å²) >= 11 is 0. The van der Waals surface area contributed by atoms with Crippen molar-refractivity contribution < 1.29 is 14.6 Å². The fraction of sp³-hybridized carbons (Fsp3) is 1.00. The van der Waals surface area contributed by atoms with Crippen molar-refractivity contribution in [1.82, 2.24) is 0 Å². The van der Waals surface area contributed by atoms with E-state index in [0.717, 1.165) is 12.8 Å². The zero-order valence-corrected chi connectivity index (χ0v) is 8.96. The monoisotopic (exact) mass is 188 g/mol. The molecule has 1 aliphatic rings. The Kier molecular flexibility index (Phi) is 3.00. The largest absolute Gasteiger partial charge is 0.394 e. The Labute approximate surface area is 80.0 Å². The van der Waals surface area contributed by atoms with Crippen LogP contribution < -0.4 is 0 Å². The van der Waals surface area contributed by atoms with Gasteiger partial charge in [0.05, 0.1) is 12.2 Å². The van der Waals surface area contributed by atoms with Gasteiger partial charge in [0.15, 0.2) is 5.79 Å². The highest BCUT2D eigenvalue weighted by atomic mass is 16.8. The van der Waals surface area contributed by atoms with Gasteiger partial charge < -0.3 is 14.6 Å². The topological polar surface area (TPSA) is 38.7 Å². The molecule has 0 aliphatic carbocycles. The second-order valence-corrected chi connectivity index (χ2v) is 4.06. The highest BCUT2D eigenvalue weighted by Gasteiger charge is 2.50. The molecule has 1 heterocycles. The number of hydrogen-bond donors (Lipinski definition) is 1. The fourth-order valence-electron chi connectivity index (χ4n) is 2.08.